The summed E-state index contributed by atoms with van der Waals surface area (Å²) in [7, 11) is 1.61. The number of anilines is 1. The first-order valence-corrected chi connectivity index (χ1v) is 10.7. The van der Waals surface area contributed by atoms with Crippen LogP contribution in [0.5, 0.6) is 5.75 Å². The van der Waals surface area contributed by atoms with E-state index in [9.17, 15) is 4.79 Å². The van der Waals surface area contributed by atoms with Crippen molar-refractivity contribution in [3.8, 4) is 17.2 Å². The molecule has 1 unspecified atom stereocenters. The Hall–Kier alpha value is -3.46. The van der Waals surface area contributed by atoms with Gasteiger partial charge in [-0.15, -0.1) is 10.2 Å². The van der Waals surface area contributed by atoms with Crippen molar-refractivity contribution < 1.29 is 18.7 Å². The number of nitrogens with one attached hydrogen (secondary N) is 1. The fourth-order valence-corrected chi connectivity index (χ4v) is 4.61. The molecular formula is C23H25N5O4. The molecule has 2 amide bonds. The Morgan fingerprint density at radius 2 is 1.88 bits per heavy atom. The summed E-state index contributed by atoms with van der Waals surface area (Å²) in [6, 6.07) is 10.8. The van der Waals surface area contributed by atoms with E-state index >= 15 is 0 Å². The van der Waals surface area contributed by atoms with Crippen LogP contribution >= 0.6 is 0 Å². The number of aromatic nitrogens is 3. The van der Waals surface area contributed by atoms with Crippen molar-refractivity contribution >= 4 is 11.7 Å². The first-order chi connectivity index (χ1) is 15.7. The minimum absolute atomic E-state index is 0.0453. The molecule has 0 saturated carbocycles. The normalized spacial score (nSPS) is 19.8. The largest absolute Gasteiger partial charge is 0.497 e. The molecule has 2 fully saturated rings. The lowest BCUT2D eigenvalue weighted by molar-refractivity contribution is 0.0104. The third kappa shape index (κ3) is 3.91. The maximum absolute atomic E-state index is 13.1. The molecule has 1 atom stereocenters. The Balaban J connectivity index is 1.37. The van der Waals surface area contributed by atoms with Crippen molar-refractivity contribution in [2.45, 2.75) is 18.8 Å². The third-order valence-electron chi connectivity index (χ3n) is 6.43. The summed E-state index contributed by atoms with van der Waals surface area (Å²) in [4.78, 5) is 19.0. The number of likely N-dealkylation sites (tertiary alicyclic amines) is 1. The summed E-state index contributed by atoms with van der Waals surface area (Å²) in [5.74, 6) is 1.73. The molecule has 9 heteroatoms. The van der Waals surface area contributed by atoms with Crippen molar-refractivity contribution in [3.63, 3.8) is 0 Å². The zero-order valence-electron chi connectivity index (χ0n) is 17.9. The molecule has 1 aromatic carbocycles. The SMILES string of the molecule is COc1ccc(NC(=O)N2CC(c3nnc(-c4ccncc4)o3)C3(CCOCC3)C2)cc1. The second kappa shape index (κ2) is 8.58. The molecule has 2 aromatic heterocycles. The molecule has 3 aromatic rings. The van der Waals surface area contributed by atoms with Crippen LogP contribution in [0.4, 0.5) is 10.5 Å². The standard InChI is InChI=1S/C23H25N5O4/c1-30-18-4-2-17(3-5-18)25-22(29)28-14-19(23(15-28)8-12-31-13-9-23)21-27-26-20(32-21)16-6-10-24-11-7-16/h2-7,10-11,19H,8-9,12-15H2,1H3,(H,25,29). The highest BCUT2D eigenvalue weighted by Gasteiger charge is 2.51. The number of ether oxygens (including phenoxy) is 2. The van der Waals surface area contributed by atoms with Gasteiger partial charge in [0.25, 0.3) is 0 Å². The molecule has 0 radical (unpaired) electrons. The Kier molecular flexibility index (Phi) is 5.48. The van der Waals surface area contributed by atoms with E-state index in [2.05, 4.69) is 20.5 Å². The minimum Gasteiger partial charge on any atom is -0.497 e. The maximum Gasteiger partial charge on any atom is 0.321 e. The average molecular weight is 435 g/mol. The minimum atomic E-state index is -0.141. The van der Waals surface area contributed by atoms with E-state index < -0.39 is 0 Å². The van der Waals surface area contributed by atoms with Gasteiger partial charge in [0.05, 0.1) is 13.0 Å². The van der Waals surface area contributed by atoms with Gasteiger partial charge in [0.15, 0.2) is 0 Å². The summed E-state index contributed by atoms with van der Waals surface area (Å²) < 4.78 is 16.9. The van der Waals surface area contributed by atoms with Gasteiger partial charge >= 0.3 is 6.03 Å². The summed E-state index contributed by atoms with van der Waals surface area (Å²) >= 11 is 0. The van der Waals surface area contributed by atoms with E-state index in [4.69, 9.17) is 13.9 Å². The molecule has 2 aliphatic heterocycles. The van der Waals surface area contributed by atoms with Crippen LogP contribution in [-0.2, 0) is 4.74 Å². The van der Waals surface area contributed by atoms with Crippen molar-refractivity contribution in [1.82, 2.24) is 20.1 Å². The van der Waals surface area contributed by atoms with Crippen LogP contribution in [0.1, 0.15) is 24.7 Å². The quantitative estimate of drug-likeness (QED) is 0.668. The van der Waals surface area contributed by atoms with Gasteiger partial charge in [0.2, 0.25) is 11.8 Å². The van der Waals surface area contributed by atoms with Crippen molar-refractivity contribution in [2.24, 2.45) is 5.41 Å². The first kappa shape index (κ1) is 20.4. The van der Waals surface area contributed by atoms with E-state index in [0.717, 1.165) is 29.8 Å². The summed E-state index contributed by atoms with van der Waals surface area (Å²) in [5, 5.41) is 11.6. The van der Waals surface area contributed by atoms with Gasteiger partial charge in [-0.3, -0.25) is 4.98 Å². The van der Waals surface area contributed by atoms with E-state index in [1.807, 2.05) is 41.3 Å². The van der Waals surface area contributed by atoms with Gasteiger partial charge < -0.3 is 24.1 Å². The highest BCUT2D eigenvalue weighted by Crippen LogP contribution is 2.49. The lowest BCUT2D eigenvalue weighted by Crippen LogP contribution is -2.38. The van der Waals surface area contributed by atoms with Crippen molar-refractivity contribution in [3.05, 3.63) is 54.7 Å². The molecule has 9 nitrogen and oxygen atoms in total. The number of hydrogen-bond acceptors (Lipinski definition) is 7. The number of nitrogens with zero attached hydrogens (tertiary/aromatic N) is 4. The fraction of sp³-hybridized carbons (Fsp3) is 0.391. The van der Waals surface area contributed by atoms with E-state index in [-0.39, 0.29) is 17.4 Å². The van der Waals surface area contributed by atoms with Gasteiger partial charge in [0.1, 0.15) is 5.75 Å². The summed E-state index contributed by atoms with van der Waals surface area (Å²) in [6.45, 7) is 2.46. The first-order valence-electron chi connectivity index (χ1n) is 10.7. The number of carbonyl (C=O) groups excluding carboxylic acids is 1. The molecule has 1 N–H and O–H groups in total. The average Bonchev–Trinajstić information content (AvgIpc) is 3.46. The number of amides is 2. The highest BCUT2D eigenvalue weighted by molar-refractivity contribution is 5.89. The zero-order valence-corrected chi connectivity index (χ0v) is 17.9. The summed E-state index contributed by atoms with van der Waals surface area (Å²) in [5.41, 5.74) is 1.40. The molecule has 4 heterocycles. The fourth-order valence-electron chi connectivity index (χ4n) is 4.61. The predicted octanol–water partition coefficient (Wildman–Crippen LogP) is 3.57. The van der Waals surface area contributed by atoms with Crippen LogP contribution in [0, 0.1) is 5.41 Å². The number of methoxy groups -OCH3 is 1. The van der Waals surface area contributed by atoms with E-state index in [1.54, 1.807) is 19.5 Å². The van der Waals surface area contributed by atoms with Crippen LogP contribution in [0.25, 0.3) is 11.5 Å². The lowest BCUT2D eigenvalue weighted by Gasteiger charge is -2.36. The van der Waals surface area contributed by atoms with Gasteiger partial charge in [-0.25, -0.2) is 4.79 Å². The maximum atomic E-state index is 13.1. The second-order valence-corrected chi connectivity index (χ2v) is 8.25. The number of hydrogen-bond donors (Lipinski definition) is 1. The molecule has 2 aliphatic rings. The predicted molar refractivity (Wildman–Crippen MR) is 116 cm³/mol. The van der Waals surface area contributed by atoms with Crippen LogP contribution in [0.3, 0.4) is 0 Å². The van der Waals surface area contributed by atoms with Crippen LogP contribution < -0.4 is 10.1 Å². The molecule has 5 rings (SSSR count). The smallest absolute Gasteiger partial charge is 0.321 e. The van der Waals surface area contributed by atoms with E-state index in [0.29, 0.717) is 38.1 Å². The number of benzene rings is 1. The number of pyridine rings is 1. The Morgan fingerprint density at radius 1 is 1.12 bits per heavy atom. The number of carbonyl (C=O) groups is 1. The molecular weight excluding hydrogens is 410 g/mol. The summed E-state index contributed by atoms with van der Waals surface area (Å²) in [6.07, 6.45) is 5.08. The van der Waals surface area contributed by atoms with Crippen LogP contribution in [-0.4, -0.2) is 59.5 Å². The van der Waals surface area contributed by atoms with Crippen LogP contribution in [0.15, 0.2) is 53.2 Å². The van der Waals surface area contributed by atoms with Gasteiger partial charge in [-0.2, -0.15) is 0 Å². The molecule has 32 heavy (non-hydrogen) atoms. The number of rotatable bonds is 4. The Labute approximate surface area is 185 Å². The van der Waals surface area contributed by atoms with Crippen molar-refractivity contribution in [2.75, 3.05) is 38.7 Å². The molecule has 166 valence electrons. The lowest BCUT2D eigenvalue weighted by atomic mass is 9.72. The molecule has 0 aliphatic carbocycles. The number of urea groups is 1. The molecule has 2 saturated heterocycles. The van der Waals surface area contributed by atoms with Crippen molar-refractivity contribution in [1.29, 1.82) is 0 Å². The van der Waals surface area contributed by atoms with E-state index in [1.165, 1.54) is 0 Å². The molecule has 0 bridgehead atoms. The third-order valence-corrected chi connectivity index (χ3v) is 6.43. The zero-order chi connectivity index (χ0) is 22.0. The van der Waals surface area contributed by atoms with Crippen LogP contribution in [0.2, 0.25) is 0 Å². The Bertz CT molecular complexity index is 1060. The van der Waals surface area contributed by atoms with Gasteiger partial charge in [-0.05, 0) is 49.2 Å². The monoisotopic (exact) mass is 435 g/mol. The Morgan fingerprint density at radius 3 is 2.59 bits per heavy atom. The van der Waals surface area contributed by atoms with Gasteiger partial charge in [-0.1, -0.05) is 0 Å². The highest BCUT2D eigenvalue weighted by atomic mass is 16.5. The topological polar surface area (TPSA) is 103 Å². The molecule has 1 spiro atoms. The second-order valence-electron chi connectivity index (χ2n) is 8.25. The van der Waals surface area contributed by atoms with Gasteiger partial charge in [0, 0.05) is 55.4 Å².